The summed E-state index contributed by atoms with van der Waals surface area (Å²) in [5, 5.41) is 19.6. The van der Waals surface area contributed by atoms with Crippen LogP contribution in [0.15, 0.2) is 24.3 Å². The molecule has 0 bridgehead atoms. The van der Waals surface area contributed by atoms with Crippen molar-refractivity contribution < 1.29 is 24.2 Å². The predicted molar refractivity (Wildman–Crippen MR) is 61.4 cm³/mol. The fraction of sp³-hybridized carbons (Fsp3) is 0.333. The largest absolute Gasteiger partial charge is 0.479 e. The van der Waals surface area contributed by atoms with Gasteiger partial charge in [-0.1, -0.05) is 12.1 Å². The van der Waals surface area contributed by atoms with Crippen molar-refractivity contribution in [1.82, 2.24) is 5.32 Å². The summed E-state index contributed by atoms with van der Waals surface area (Å²) in [7, 11) is 0. The van der Waals surface area contributed by atoms with E-state index in [0.29, 0.717) is 6.42 Å². The minimum absolute atomic E-state index is 0.151. The molecule has 0 spiro atoms. The molecule has 0 radical (unpaired) electrons. The highest BCUT2D eigenvalue weighted by atomic mass is 19.1. The van der Waals surface area contributed by atoms with E-state index >= 15 is 0 Å². The van der Waals surface area contributed by atoms with Gasteiger partial charge in [0.15, 0.2) is 6.10 Å². The summed E-state index contributed by atoms with van der Waals surface area (Å²) in [6.07, 6.45) is -1.02. The van der Waals surface area contributed by atoms with Gasteiger partial charge in [0.05, 0.1) is 6.54 Å². The summed E-state index contributed by atoms with van der Waals surface area (Å²) in [6, 6.07) is 5.77. The molecule has 0 aromatic heterocycles. The maximum atomic E-state index is 12.6. The summed E-state index contributed by atoms with van der Waals surface area (Å²) in [6.45, 7) is -0.322. The number of nitrogens with one attached hydrogen (secondary N) is 1. The number of halogens is 1. The Balaban J connectivity index is 2.29. The van der Waals surface area contributed by atoms with E-state index in [-0.39, 0.29) is 24.7 Å². The number of aliphatic carboxylic acids is 1. The molecule has 0 heterocycles. The third-order valence-electron chi connectivity index (χ3n) is 2.33. The Morgan fingerprint density at radius 3 is 2.44 bits per heavy atom. The maximum absolute atomic E-state index is 12.6. The van der Waals surface area contributed by atoms with E-state index in [1.165, 1.54) is 12.1 Å². The molecule has 1 rings (SSSR count). The monoisotopic (exact) mass is 255 g/mol. The summed E-state index contributed by atoms with van der Waals surface area (Å²) in [5.74, 6) is -2.08. The molecule has 0 aliphatic rings. The van der Waals surface area contributed by atoms with Crippen LogP contribution in [0.3, 0.4) is 0 Å². The summed E-state index contributed by atoms with van der Waals surface area (Å²) < 4.78 is 12.6. The highest BCUT2D eigenvalue weighted by Gasteiger charge is 2.13. The minimum Gasteiger partial charge on any atom is -0.479 e. The number of carboxylic acids is 1. The van der Waals surface area contributed by atoms with E-state index in [9.17, 15) is 14.0 Å². The molecule has 18 heavy (non-hydrogen) atoms. The molecule has 1 aromatic carbocycles. The second-order valence-electron chi connectivity index (χ2n) is 3.78. The van der Waals surface area contributed by atoms with Crippen molar-refractivity contribution in [2.75, 3.05) is 6.54 Å². The van der Waals surface area contributed by atoms with Crippen molar-refractivity contribution in [1.29, 1.82) is 0 Å². The van der Waals surface area contributed by atoms with Gasteiger partial charge in [0, 0.05) is 6.42 Å². The second kappa shape index (κ2) is 6.70. The third-order valence-corrected chi connectivity index (χ3v) is 2.33. The van der Waals surface area contributed by atoms with Crippen LogP contribution in [-0.4, -0.2) is 34.7 Å². The lowest BCUT2D eigenvalue weighted by Gasteiger charge is -2.07. The van der Waals surface area contributed by atoms with Crippen molar-refractivity contribution in [2.24, 2.45) is 0 Å². The van der Waals surface area contributed by atoms with Gasteiger partial charge in [-0.15, -0.1) is 0 Å². The van der Waals surface area contributed by atoms with Crippen molar-refractivity contribution in [3.05, 3.63) is 35.6 Å². The minimum atomic E-state index is -1.60. The predicted octanol–water partition coefficient (Wildman–Crippen LogP) is 0.320. The maximum Gasteiger partial charge on any atom is 0.334 e. The molecule has 5 nitrogen and oxygen atoms in total. The van der Waals surface area contributed by atoms with Crippen LogP contribution in [0.2, 0.25) is 0 Å². The standard InChI is InChI=1S/C12H14FNO4/c13-9-4-1-8(2-5-9)3-6-11(16)14-7-10(15)12(17)18/h1-2,4-5,10,15H,3,6-7H2,(H,14,16)(H,17,18). The molecule has 0 saturated heterocycles. The molecule has 98 valence electrons. The Hall–Kier alpha value is -1.95. The van der Waals surface area contributed by atoms with E-state index in [4.69, 9.17) is 10.2 Å². The molecule has 6 heteroatoms. The fourth-order valence-electron chi connectivity index (χ4n) is 1.30. The number of aliphatic hydroxyl groups is 1. The zero-order valence-electron chi connectivity index (χ0n) is 9.60. The Kier molecular flexibility index (Phi) is 5.26. The first-order chi connectivity index (χ1) is 8.49. The van der Waals surface area contributed by atoms with Crippen LogP contribution in [0.4, 0.5) is 4.39 Å². The summed E-state index contributed by atoms with van der Waals surface area (Å²) in [5.41, 5.74) is 0.810. The van der Waals surface area contributed by atoms with Gasteiger partial charge in [0.1, 0.15) is 5.82 Å². The van der Waals surface area contributed by atoms with Gasteiger partial charge in [-0.25, -0.2) is 9.18 Å². The lowest BCUT2D eigenvalue weighted by atomic mass is 10.1. The molecule has 0 aliphatic carbocycles. The normalized spacial score (nSPS) is 11.9. The van der Waals surface area contributed by atoms with E-state index in [1.807, 2.05) is 0 Å². The molecular formula is C12H14FNO4. The Morgan fingerprint density at radius 1 is 1.28 bits per heavy atom. The average molecular weight is 255 g/mol. The van der Waals surface area contributed by atoms with Gasteiger partial charge in [0.2, 0.25) is 5.91 Å². The third kappa shape index (κ3) is 4.92. The van der Waals surface area contributed by atoms with Crippen LogP contribution in [0.5, 0.6) is 0 Å². The topological polar surface area (TPSA) is 86.6 Å². The molecule has 1 aromatic rings. The molecule has 1 atom stereocenters. The average Bonchev–Trinajstić information content (AvgIpc) is 2.35. The number of carbonyl (C=O) groups is 2. The Labute approximate surface area is 103 Å². The number of hydrogen-bond acceptors (Lipinski definition) is 3. The van der Waals surface area contributed by atoms with Gasteiger partial charge in [0.25, 0.3) is 0 Å². The van der Waals surface area contributed by atoms with Crippen LogP contribution in [-0.2, 0) is 16.0 Å². The first-order valence-corrected chi connectivity index (χ1v) is 5.41. The van der Waals surface area contributed by atoms with Crippen LogP contribution >= 0.6 is 0 Å². The van der Waals surface area contributed by atoms with Crippen LogP contribution in [0.25, 0.3) is 0 Å². The van der Waals surface area contributed by atoms with Crippen molar-refractivity contribution in [3.63, 3.8) is 0 Å². The zero-order valence-corrected chi connectivity index (χ0v) is 9.60. The van der Waals surface area contributed by atoms with Crippen LogP contribution in [0.1, 0.15) is 12.0 Å². The Bertz CT molecular complexity index is 419. The molecule has 0 saturated carbocycles. The fourth-order valence-corrected chi connectivity index (χ4v) is 1.30. The van der Waals surface area contributed by atoms with E-state index in [1.54, 1.807) is 12.1 Å². The van der Waals surface area contributed by atoms with Crippen molar-refractivity contribution in [3.8, 4) is 0 Å². The van der Waals surface area contributed by atoms with Gasteiger partial charge < -0.3 is 15.5 Å². The second-order valence-corrected chi connectivity index (χ2v) is 3.78. The highest BCUT2D eigenvalue weighted by Crippen LogP contribution is 2.05. The van der Waals surface area contributed by atoms with E-state index in [2.05, 4.69) is 5.32 Å². The summed E-state index contributed by atoms with van der Waals surface area (Å²) >= 11 is 0. The van der Waals surface area contributed by atoms with Gasteiger partial charge in [-0.05, 0) is 24.1 Å². The number of aryl methyl sites for hydroxylation is 1. The smallest absolute Gasteiger partial charge is 0.334 e. The molecule has 1 unspecified atom stereocenters. The number of carbonyl (C=O) groups excluding carboxylic acids is 1. The lowest BCUT2D eigenvalue weighted by Crippen LogP contribution is -2.36. The van der Waals surface area contributed by atoms with Crippen LogP contribution in [0, 0.1) is 5.82 Å². The SMILES string of the molecule is O=C(CCc1ccc(F)cc1)NCC(O)C(=O)O. The molecular weight excluding hydrogens is 241 g/mol. The van der Waals surface area contributed by atoms with Crippen molar-refractivity contribution >= 4 is 11.9 Å². The number of carboxylic acid groups (broad SMARTS) is 1. The number of amides is 1. The van der Waals surface area contributed by atoms with E-state index in [0.717, 1.165) is 5.56 Å². The highest BCUT2D eigenvalue weighted by molar-refractivity contribution is 5.78. The molecule has 0 aliphatic heterocycles. The van der Waals surface area contributed by atoms with Gasteiger partial charge >= 0.3 is 5.97 Å². The number of rotatable bonds is 6. The van der Waals surface area contributed by atoms with Crippen molar-refractivity contribution in [2.45, 2.75) is 18.9 Å². The van der Waals surface area contributed by atoms with Crippen LogP contribution < -0.4 is 5.32 Å². The van der Waals surface area contributed by atoms with Gasteiger partial charge in [-0.3, -0.25) is 4.79 Å². The molecule has 0 fully saturated rings. The first-order valence-electron chi connectivity index (χ1n) is 5.41. The number of hydrogen-bond donors (Lipinski definition) is 3. The van der Waals surface area contributed by atoms with E-state index < -0.39 is 12.1 Å². The zero-order chi connectivity index (χ0) is 13.5. The number of benzene rings is 1. The molecule has 1 amide bonds. The molecule has 3 N–H and O–H groups in total. The van der Waals surface area contributed by atoms with Gasteiger partial charge in [-0.2, -0.15) is 0 Å². The Morgan fingerprint density at radius 2 is 1.89 bits per heavy atom. The summed E-state index contributed by atoms with van der Waals surface area (Å²) in [4.78, 5) is 21.6. The lowest BCUT2D eigenvalue weighted by molar-refractivity contribution is -0.146. The number of aliphatic hydroxyl groups excluding tert-OH is 1. The first kappa shape index (κ1) is 14.1. The quantitative estimate of drug-likeness (QED) is 0.683.